The van der Waals surface area contributed by atoms with Crippen LogP contribution < -0.4 is 10.1 Å². The lowest BCUT2D eigenvalue weighted by atomic mass is 9.64. The van der Waals surface area contributed by atoms with Gasteiger partial charge in [0.2, 0.25) is 5.78 Å². The van der Waals surface area contributed by atoms with Crippen LogP contribution in [0.5, 0.6) is 5.75 Å². The Hall–Kier alpha value is -4.76. The SMILES string of the molecule is COc1ccc(NC(=O)N(Cc2ccccc2)C[C@]2(O)CC[C@H]3c4ccc(cc4C(=O)c4cc5ccccc5s4)C[C@@H](O)CCC(C)=CCC[C@@]32C)cc1. The van der Waals surface area contributed by atoms with E-state index in [9.17, 15) is 19.8 Å². The van der Waals surface area contributed by atoms with Crippen molar-refractivity contribution in [3.8, 4) is 5.75 Å². The van der Waals surface area contributed by atoms with Crippen molar-refractivity contribution in [1.29, 1.82) is 0 Å². The van der Waals surface area contributed by atoms with Gasteiger partial charge in [0, 0.05) is 27.9 Å². The molecule has 0 saturated heterocycles. The zero-order chi connectivity index (χ0) is 37.9. The van der Waals surface area contributed by atoms with Crippen LogP contribution in [0.2, 0.25) is 0 Å². The predicted molar refractivity (Wildman–Crippen MR) is 218 cm³/mol. The van der Waals surface area contributed by atoms with Crippen molar-refractivity contribution in [3.63, 3.8) is 0 Å². The molecule has 8 heteroatoms. The summed E-state index contributed by atoms with van der Waals surface area (Å²) in [6.45, 7) is 4.70. The molecule has 0 aliphatic heterocycles. The molecule has 3 aliphatic carbocycles. The maximum Gasteiger partial charge on any atom is 0.322 e. The smallest absolute Gasteiger partial charge is 0.322 e. The van der Waals surface area contributed by atoms with Gasteiger partial charge in [0.25, 0.3) is 0 Å². The molecule has 1 fully saturated rings. The van der Waals surface area contributed by atoms with Crippen LogP contribution in [0.1, 0.15) is 90.2 Å². The number of rotatable bonds is 8. The minimum atomic E-state index is -1.27. The molecule has 2 bridgehead atoms. The molecule has 0 spiro atoms. The fourth-order valence-electron chi connectivity index (χ4n) is 8.62. The number of hydrogen-bond acceptors (Lipinski definition) is 6. The normalized spacial score (nSPS) is 22.9. The van der Waals surface area contributed by atoms with Crippen LogP contribution in [0.25, 0.3) is 10.1 Å². The molecule has 54 heavy (non-hydrogen) atoms. The number of aliphatic hydroxyl groups excluding tert-OH is 1. The first kappa shape index (κ1) is 37.6. The summed E-state index contributed by atoms with van der Waals surface area (Å²) in [5, 5.41) is 28.2. The second-order valence-electron chi connectivity index (χ2n) is 15.4. The highest BCUT2D eigenvalue weighted by atomic mass is 32.1. The van der Waals surface area contributed by atoms with Crippen molar-refractivity contribution in [1.82, 2.24) is 4.90 Å². The number of allylic oxidation sites excluding steroid dienone is 2. The lowest BCUT2D eigenvalue weighted by molar-refractivity contribution is -0.0773. The summed E-state index contributed by atoms with van der Waals surface area (Å²) in [7, 11) is 1.61. The number of anilines is 1. The third kappa shape index (κ3) is 7.88. The van der Waals surface area contributed by atoms with E-state index >= 15 is 0 Å². The van der Waals surface area contributed by atoms with Crippen molar-refractivity contribution in [2.45, 2.75) is 83.0 Å². The largest absolute Gasteiger partial charge is 0.497 e. The molecular formula is C46H50N2O5S. The van der Waals surface area contributed by atoms with E-state index in [2.05, 4.69) is 37.4 Å². The predicted octanol–water partition coefficient (Wildman–Crippen LogP) is 9.91. The van der Waals surface area contributed by atoms with Crippen molar-refractivity contribution in [2.75, 3.05) is 19.0 Å². The molecule has 3 N–H and O–H groups in total. The number of thiophene rings is 1. The Morgan fingerprint density at radius 2 is 1.70 bits per heavy atom. The van der Waals surface area contributed by atoms with E-state index in [1.165, 1.54) is 16.9 Å². The molecule has 280 valence electrons. The fourth-order valence-corrected chi connectivity index (χ4v) is 9.64. The van der Waals surface area contributed by atoms with Gasteiger partial charge in [-0.3, -0.25) is 4.79 Å². The van der Waals surface area contributed by atoms with Crippen LogP contribution in [0, 0.1) is 5.41 Å². The number of nitrogens with one attached hydrogen (secondary N) is 1. The first-order valence-corrected chi connectivity index (χ1v) is 19.8. The van der Waals surface area contributed by atoms with Gasteiger partial charge in [0.05, 0.1) is 30.2 Å². The van der Waals surface area contributed by atoms with Gasteiger partial charge in [0.15, 0.2) is 0 Å². The highest BCUT2D eigenvalue weighted by Crippen LogP contribution is 2.59. The highest BCUT2D eigenvalue weighted by molar-refractivity contribution is 7.21. The number of ketones is 1. The molecule has 0 radical (unpaired) electrons. The third-order valence-corrected chi connectivity index (χ3v) is 13.0. The first-order valence-electron chi connectivity index (χ1n) is 19.0. The molecule has 5 aromatic rings. The molecule has 7 nitrogen and oxygen atoms in total. The molecule has 3 aliphatic rings. The summed E-state index contributed by atoms with van der Waals surface area (Å²) in [6.07, 6.45) is 6.09. The number of hydrogen-bond donors (Lipinski definition) is 3. The average Bonchev–Trinajstić information content (AvgIpc) is 3.72. The Morgan fingerprint density at radius 1 is 0.944 bits per heavy atom. The zero-order valence-electron chi connectivity index (χ0n) is 31.4. The van der Waals surface area contributed by atoms with Gasteiger partial charge >= 0.3 is 6.03 Å². The van der Waals surface area contributed by atoms with Gasteiger partial charge in [-0.05, 0) is 122 Å². The van der Waals surface area contributed by atoms with Crippen molar-refractivity contribution < 1.29 is 24.5 Å². The Bertz CT molecular complexity index is 2110. The number of fused-ring (bicyclic) bond motifs is 9. The molecule has 1 heterocycles. The minimum Gasteiger partial charge on any atom is -0.497 e. The molecule has 4 atom stereocenters. The van der Waals surface area contributed by atoms with E-state index in [0.717, 1.165) is 39.6 Å². The van der Waals surface area contributed by atoms with Gasteiger partial charge in [-0.2, -0.15) is 0 Å². The van der Waals surface area contributed by atoms with Crippen LogP contribution in [0.3, 0.4) is 0 Å². The summed E-state index contributed by atoms with van der Waals surface area (Å²) in [5.41, 5.74) is 3.33. The topological polar surface area (TPSA) is 99.1 Å². The van der Waals surface area contributed by atoms with Gasteiger partial charge < -0.3 is 25.2 Å². The van der Waals surface area contributed by atoms with Crippen LogP contribution in [0.4, 0.5) is 10.5 Å². The summed E-state index contributed by atoms with van der Waals surface area (Å²) in [6, 6.07) is 32.9. The van der Waals surface area contributed by atoms with Gasteiger partial charge in [-0.1, -0.05) is 79.2 Å². The Morgan fingerprint density at radius 3 is 2.46 bits per heavy atom. The van der Waals surface area contributed by atoms with Crippen molar-refractivity contribution >= 4 is 38.9 Å². The Kier molecular flexibility index (Phi) is 11.1. The van der Waals surface area contributed by atoms with Crippen molar-refractivity contribution in [3.05, 3.63) is 142 Å². The number of carbonyl (C=O) groups excluding carboxylic acids is 2. The standard InChI is InChI=1S/C46H50N2O5S/c1-31-10-9-24-45(2)40(38-22-16-33(26-36(49)19-15-31)27-39(38)43(50)42-28-34-13-7-8-14-41(34)54-42)23-25-46(45,52)30-48(29-32-11-5-4-6-12-32)44(51)47-35-17-20-37(53-3)21-18-35/h4-8,10-14,16-18,20-22,27-28,36,40,49,52H,9,15,19,23-26,29-30H2,1-3H3,(H,47,51)/t36-,40-,45-,46+/m0/s1. The number of aliphatic hydroxyl groups is 2. The molecule has 1 saturated carbocycles. The quantitative estimate of drug-likeness (QED) is 0.109. The Balaban J connectivity index is 1.28. The van der Waals surface area contributed by atoms with E-state index in [1.807, 2.05) is 91.0 Å². The number of amides is 2. The lowest BCUT2D eigenvalue weighted by Gasteiger charge is -2.46. The second kappa shape index (κ2) is 15.9. The van der Waals surface area contributed by atoms with E-state index in [0.29, 0.717) is 60.5 Å². The lowest BCUT2D eigenvalue weighted by Crippen LogP contribution is -2.54. The average molecular weight is 743 g/mol. The van der Waals surface area contributed by atoms with Crippen LogP contribution in [0.15, 0.2) is 115 Å². The Labute approximate surface area is 322 Å². The molecule has 1 aromatic heterocycles. The third-order valence-electron chi connectivity index (χ3n) is 11.9. The van der Waals surface area contributed by atoms with Gasteiger partial charge in [0.1, 0.15) is 5.75 Å². The zero-order valence-corrected chi connectivity index (χ0v) is 32.2. The molecule has 2 amide bonds. The van der Waals surface area contributed by atoms with Crippen LogP contribution >= 0.6 is 11.3 Å². The molecule has 8 rings (SSSR count). The van der Waals surface area contributed by atoms with Gasteiger partial charge in [-0.15, -0.1) is 11.3 Å². The number of benzene rings is 4. The highest BCUT2D eigenvalue weighted by Gasteiger charge is 2.57. The number of urea groups is 1. The summed E-state index contributed by atoms with van der Waals surface area (Å²) < 4.78 is 6.38. The van der Waals surface area contributed by atoms with E-state index < -0.39 is 17.1 Å². The monoisotopic (exact) mass is 742 g/mol. The summed E-state index contributed by atoms with van der Waals surface area (Å²) in [5.74, 6) is 0.503. The second-order valence-corrected chi connectivity index (χ2v) is 16.5. The van der Waals surface area contributed by atoms with Crippen LogP contribution in [-0.4, -0.2) is 52.3 Å². The van der Waals surface area contributed by atoms with Gasteiger partial charge in [-0.25, -0.2) is 4.79 Å². The molecule has 4 aromatic carbocycles. The van der Waals surface area contributed by atoms with Crippen molar-refractivity contribution in [2.24, 2.45) is 5.41 Å². The summed E-state index contributed by atoms with van der Waals surface area (Å²) >= 11 is 1.50. The molecule has 0 unspecified atom stereocenters. The number of nitrogens with zero attached hydrogens (tertiary/aromatic N) is 1. The van der Waals surface area contributed by atoms with E-state index in [4.69, 9.17) is 4.74 Å². The molecular weight excluding hydrogens is 693 g/mol. The number of carbonyl (C=O) groups is 2. The van der Waals surface area contributed by atoms with E-state index in [1.54, 1.807) is 12.0 Å². The summed E-state index contributed by atoms with van der Waals surface area (Å²) in [4.78, 5) is 31.2. The maximum atomic E-state index is 14.6. The first-order chi connectivity index (χ1) is 26.0. The number of methoxy groups -OCH3 is 1. The number of ether oxygens (including phenoxy) is 1. The maximum absolute atomic E-state index is 14.6. The fraction of sp³-hybridized carbons (Fsp3) is 0.348. The van der Waals surface area contributed by atoms with Crippen LogP contribution in [-0.2, 0) is 13.0 Å². The minimum absolute atomic E-state index is 0.0345. The van der Waals surface area contributed by atoms with E-state index in [-0.39, 0.29) is 24.3 Å².